The van der Waals surface area contributed by atoms with Crippen LogP contribution in [0.4, 0.5) is 10.1 Å². The number of aromatic nitrogens is 3. The Bertz CT molecular complexity index is 986. The van der Waals surface area contributed by atoms with E-state index < -0.39 is 24.3 Å². The third-order valence-electron chi connectivity index (χ3n) is 3.75. The summed E-state index contributed by atoms with van der Waals surface area (Å²) in [5.41, 5.74) is 1.85. The number of carbonyl (C=O) groups excluding carboxylic acids is 2. The third-order valence-corrected chi connectivity index (χ3v) is 3.75. The van der Waals surface area contributed by atoms with Crippen LogP contribution in [0.15, 0.2) is 48.5 Å². The summed E-state index contributed by atoms with van der Waals surface area (Å²) in [6.07, 6.45) is 0. The smallest absolute Gasteiger partial charge is 0.361 e. The molecule has 0 bridgehead atoms. The summed E-state index contributed by atoms with van der Waals surface area (Å²) >= 11 is 0. The first kappa shape index (κ1) is 18.2. The van der Waals surface area contributed by atoms with Crippen LogP contribution in [-0.4, -0.2) is 33.5 Å². The molecular weight excluding hydrogens is 351 g/mol. The largest absolute Gasteiger partial charge is 0.451 e. The molecule has 1 amide bonds. The number of ether oxygens (including phenoxy) is 1. The van der Waals surface area contributed by atoms with E-state index in [0.29, 0.717) is 16.9 Å². The predicted octanol–water partition coefficient (Wildman–Crippen LogP) is 2.82. The molecule has 1 heterocycles. The van der Waals surface area contributed by atoms with E-state index in [4.69, 9.17) is 4.74 Å². The van der Waals surface area contributed by atoms with Crippen molar-refractivity contribution in [2.24, 2.45) is 0 Å². The van der Waals surface area contributed by atoms with E-state index >= 15 is 0 Å². The van der Waals surface area contributed by atoms with Crippen molar-refractivity contribution in [2.45, 2.75) is 13.8 Å². The quantitative estimate of drug-likeness (QED) is 0.700. The Morgan fingerprint density at radius 1 is 1.11 bits per heavy atom. The van der Waals surface area contributed by atoms with Crippen molar-refractivity contribution in [1.29, 1.82) is 0 Å². The maximum absolute atomic E-state index is 13.5. The number of aryl methyl sites for hydroxylation is 2. The van der Waals surface area contributed by atoms with Gasteiger partial charge in [0.05, 0.1) is 11.4 Å². The number of halogens is 1. The van der Waals surface area contributed by atoms with E-state index in [9.17, 15) is 14.0 Å². The Morgan fingerprint density at radius 3 is 2.56 bits per heavy atom. The number of esters is 1. The Morgan fingerprint density at radius 2 is 1.85 bits per heavy atom. The molecule has 0 spiro atoms. The zero-order valence-electron chi connectivity index (χ0n) is 14.8. The van der Waals surface area contributed by atoms with Crippen LogP contribution in [0, 0.1) is 19.7 Å². The highest BCUT2D eigenvalue weighted by molar-refractivity contribution is 5.95. The van der Waals surface area contributed by atoms with Crippen molar-refractivity contribution in [2.75, 3.05) is 11.9 Å². The minimum absolute atomic E-state index is 0.0213. The van der Waals surface area contributed by atoms with Gasteiger partial charge in [-0.1, -0.05) is 24.3 Å². The van der Waals surface area contributed by atoms with Crippen molar-refractivity contribution in [3.05, 3.63) is 71.3 Å². The molecule has 3 rings (SSSR count). The second-order valence-corrected chi connectivity index (χ2v) is 5.85. The van der Waals surface area contributed by atoms with E-state index in [2.05, 4.69) is 15.5 Å². The number of rotatable bonds is 5. The van der Waals surface area contributed by atoms with Crippen LogP contribution in [0.5, 0.6) is 0 Å². The summed E-state index contributed by atoms with van der Waals surface area (Å²) in [6, 6.07) is 13.4. The lowest BCUT2D eigenvalue weighted by atomic mass is 10.2. The van der Waals surface area contributed by atoms with E-state index in [1.54, 1.807) is 38.1 Å². The Balaban J connectivity index is 1.61. The van der Waals surface area contributed by atoms with Crippen LogP contribution >= 0.6 is 0 Å². The SMILES string of the molecule is Cc1ccc(NC(=O)COC(=O)c2nn(-c3ccccc3)nc2C)cc1F. The molecular formula is C19H17FN4O3. The number of anilines is 1. The van der Waals surface area contributed by atoms with Gasteiger partial charge in [-0.25, -0.2) is 9.18 Å². The summed E-state index contributed by atoms with van der Waals surface area (Å²) in [6.45, 7) is 2.72. The molecule has 1 N–H and O–H groups in total. The zero-order chi connectivity index (χ0) is 19.4. The Labute approximate surface area is 154 Å². The number of hydrogen-bond donors (Lipinski definition) is 1. The van der Waals surface area contributed by atoms with Crippen molar-refractivity contribution < 1.29 is 18.7 Å². The highest BCUT2D eigenvalue weighted by Crippen LogP contribution is 2.14. The van der Waals surface area contributed by atoms with Gasteiger partial charge in [-0.2, -0.15) is 9.90 Å². The molecule has 0 unspecified atom stereocenters. The standard InChI is InChI=1S/C19H17FN4O3/c1-12-8-9-14(10-16(12)20)21-17(25)11-27-19(26)18-13(2)22-24(23-18)15-6-4-3-5-7-15/h3-10H,11H2,1-2H3,(H,21,25). The van der Waals surface area contributed by atoms with Gasteiger partial charge in [-0.15, -0.1) is 5.10 Å². The lowest BCUT2D eigenvalue weighted by Gasteiger charge is -2.07. The molecule has 27 heavy (non-hydrogen) atoms. The van der Waals surface area contributed by atoms with Crippen molar-refractivity contribution in [3.8, 4) is 5.69 Å². The predicted molar refractivity (Wildman–Crippen MR) is 96.1 cm³/mol. The maximum atomic E-state index is 13.5. The molecule has 0 aliphatic carbocycles. The van der Waals surface area contributed by atoms with Crippen LogP contribution in [0.1, 0.15) is 21.7 Å². The molecule has 0 fully saturated rings. The molecule has 1 aromatic heterocycles. The van der Waals surface area contributed by atoms with Gasteiger partial charge in [0.1, 0.15) is 5.82 Å². The molecule has 0 radical (unpaired) electrons. The summed E-state index contributed by atoms with van der Waals surface area (Å²) < 4.78 is 18.5. The lowest BCUT2D eigenvalue weighted by Crippen LogP contribution is -2.21. The Kier molecular flexibility index (Phi) is 5.25. The first-order valence-electron chi connectivity index (χ1n) is 8.16. The summed E-state index contributed by atoms with van der Waals surface area (Å²) in [5.74, 6) is -1.78. The fourth-order valence-electron chi connectivity index (χ4n) is 2.31. The fraction of sp³-hybridized carbons (Fsp3) is 0.158. The fourth-order valence-corrected chi connectivity index (χ4v) is 2.31. The van der Waals surface area contributed by atoms with Gasteiger partial charge in [0.15, 0.2) is 12.3 Å². The first-order valence-corrected chi connectivity index (χ1v) is 8.16. The lowest BCUT2D eigenvalue weighted by molar-refractivity contribution is -0.119. The first-order chi connectivity index (χ1) is 12.9. The second kappa shape index (κ2) is 7.77. The van der Waals surface area contributed by atoms with Crippen molar-refractivity contribution >= 4 is 17.6 Å². The molecule has 138 valence electrons. The summed E-state index contributed by atoms with van der Waals surface area (Å²) in [7, 11) is 0. The van der Waals surface area contributed by atoms with E-state index in [-0.39, 0.29) is 11.4 Å². The van der Waals surface area contributed by atoms with Gasteiger partial charge in [-0.05, 0) is 43.7 Å². The molecule has 0 aliphatic rings. The number of para-hydroxylation sites is 1. The average molecular weight is 368 g/mol. The zero-order valence-corrected chi connectivity index (χ0v) is 14.8. The number of nitrogens with zero attached hydrogens (tertiary/aromatic N) is 3. The minimum Gasteiger partial charge on any atom is -0.451 e. The van der Waals surface area contributed by atoms with Gasteiger partial charge in [-0.3, -0.25) is 4.79 Å². The Hall–Kier alpha value is -3.55. The van der Waals surface area contributed by atoms with E-state index in [0.717, 1.165) is 0 Å². The van der Waals surface area contributed by atoms with Crippen LogP contribution < -0.4 is 5.32 Å². The molecule has 0 aliphatic heterocycles. The van der Waals surface area contributed by atoms with Crippen LogP contribution in [0.3, 0.4) is 0 Å². The molecule has 7 nitrogen and oxygen atoms in total. The molecule has 2 aromatic carbocycles. The molecule has 0 atom stereocenters. The molecule has 8 heteroatoms. The monoisotopic (exact) mass is 368 g/mol. The van der Waals surface area contributed by atoms with Gasteiger partial charge in [0, 0.05) is 5.69 Å². The minimum atomic E-state index is -0.764. The highest BCUT2D eigenvalue weighted by atomic mass is 19.1. The normalized spacial score (nSPS) is 10.5. The third kappa shape index (κ3) is 4.35. The molecule has 0 saturated heterocycles. The maximum Gasteiger partial charge on any atom is 0.361 e. The van der Waals surface area contributed by atoms with Crippen LogP contribution in [0.25, 0.3) is 5.69 Å². The number of hydrogen-bond acceptors (Lipinski definition) is 5. The van der Waals surface area contributed by atoms with E-state index in [1.807, 2.05) is 18.2 Å². The van der Waals surface area contributed by atoms with Gasteiger partial charge in [0.25, 0.3) is 5.91 Å². The highest BCUT2D eigenvalue weighted by Gasteiger charge is 2.19. The van der Waals surface area contributed by atoms with E-state index in [1.165, 1.54) is 10.9 Å². The van der Waals surface area contributed by atoms with Crippen LogP contribution in [0.2, 0.25) is 0 Å². The second-order valence-electron chi connectivity index (χ2n) is 5.85. The summed E-state index contributed by atoms with van der Waals surface area (Å²) in [5, 5.41) is 10.8. The number of benzene rings is 2. The number of amides is 1. The number of nitrogens with one attached hydrogen (secondary N) is 1. The van der Waals surface area contributed by atoms with Crippen molar-refractivity contribution in [1.82, 2.24) is 15.0 Å². The topological polar surface area (TPSA) is 86.1 Å². The average Bonchev–Trinajstić information content (AvgIpc) is 3.05. The molecule has 0 saturated carbocycles. The van der Waals surface area contributed by atoms with Gasteiger partial charge < -0.3 is 10.1 Å². The molecule has 3 aromatic rings. The van der Waals surface area contributed by atoms with Gasteiger partial charge >= 0.3 is 5.97 Å². The van der Waals surface area contributed by atoms with Gasteiger partial charge in [0.2, 0.25) is 0 Å². The van der Waals surface area contributed by atoms with Crippen LogP contribution in [-0.2, 0) is 9.53 Å². The summed E-state index contributed by atoms with van der Waals surface area (Å²) in [4.78, 5) is 25.4. The number of carbonyl (C=O) groups is 2. The van der Waals surface area contributed by atoms with Crippen molar-refractivity contribution in [3.63, 3.8) is 0 Å².